The molecule has 6 nitrogen and oxygen atoms in total. The standard InChI is InChI=1S/C19H20Cl2N4O2/c1-27-15-13(20)7-12(8-14(15)21)17(26)25-6-2-4-19(10-25)5-3-11-9-23-18(22)24-16(11)19/h7-9H,2-6,10H2,1H3,(H2,22,23,24). The van der Waals surface area contributed by atoms with Crippen molar-refractivity contribution in [3.8, 4) is 5.75 Å². The molecule has 1 spiro atoms. The van der Waals surface area contributed by atoms with E-state index in [0.717, 1.165) is 36.9 Å². The molecule has 1 atom stereocenters. The molecule has 1 aromatic heterocycles. The summed E-state index contributed by atoms with van der Waals surface area (Å²) in [4.78, 5) is 23.6. The molecule has 4 rings (SSSR count). The number of nitrogen functional groups attached to an aromatic ring is 1. The van der Waals surface area contributed by atoms with Gasteiger partial charge in [-0.3, -0.25) is 4.79 Å². The van der Waals surface area contributed by atoms with Gasteiger partial charge < -0.3 is 15.4 Å². The Hall–Kier alpha value is -2.05. The Labute approximate surface area is 167 Å². The molecule has 0 radical (unpaired) electrons. The number of carbonyl (C=O) groups is 1. The number of nitrogens with two attached hydrogens (primary N) is 1. The molecule has 0 saturated carbocycles. The molecule has 0 bridgehead atoms. The fourth-order valence-electron chi connectivity index (χ4n) is 4.32. The molecule has 27 heavy (non-hydrogen) atoms. The van der Waals surface area contributed by atoms with E-state index in [-0.39, 0.29) is 17.3 Å². The average molecular weight is 407 g/mol. The van der Waals surface area contributed by atoms with Crippen molar-refractivity contribution < 1.29 is 9.53 Å². The molecule has 2 N–H and O–H groups in total. The third-order valence-electron chi connectivity index (χ3n) is 5.57. The van der Waals surface area contributed by atoms with Crippen molar-refractivity contribution in [2.75, 3.05) is 25.9 Å². The van der Waals surface area contributed by atoms with Crippen LogP contribution in [0.5, 0.6) is 5.75 Å². The highest BCUT2D eigenvalue weighted by Crippen LogP contribution is 2.44. The summed E-state index contributed by atoms with van der Waals surface area (Å²) in [6.45, 7) is 1.30. The third-order valence-corrected chi connectivity index (χ3v) is 6.13. The van der Waals surface area contributed by atoms with Gasteiger partial charge in [-0.05, 0) is 43.4 Å². The topological polar surface area (TPSA) is 81.3 Å². The summed E-state index contributed by atoms with van der Waals surface area (Å²) in [5, 5.41) is 0.651. The van der Waals surface area contributed by atoms with Crippen LogP contribution >= 0.6 is 23.2 Å². The lowest BCUT2D eigenvalue weighted by Gasteiger charge is -2.40. The highest BCUT2D eigenvalue weighted by molar-refractivity contribution is 6.37. The monoisotopic (exact) mass is 406 g/mol. The van der Waals surface area contributed by atoms with Gasteiger partial charge in [-0.15, -0.1) is 0 Å². The maximum absolute atomic E-state index is 13.1. The number of benzene rings is 1. The van der Waals surface area contributed by atoms with Crippen LogP contribution < -0.4 is 10.5 Å². The molecule has 1 aliphatic heterocycles. The lowest BCUT2D eigenvalue weighted by molar-refractivity contribution is 0.0633. The second-order valence-corrected chi connectivity index (χ2v) is 8.00. The van der Waals surface area contributed by atoms with Crippen molar-refractivity contribution in [3.05, 3.63) is 45.2 Å². The fraction of sp³-hybridized carbons (Fsp3) is 0.421. The van der Waals surface area contributed by atoms with Gasteiger partial charge in [0.15, 0.2) is 5.75 Å². The van der Waals surface area contributed by atoms with Crippen molar-refractivity contribution in [1.82, 2.24) is 14.9 Å². The second kappa shape index (κ2) is 6.84. The predicted octanol–water partition coefficient (Wildman–Crippen LogP) is 3.49. The van der Waals surface area contributed by atoms with Crippen LogP contribution in [0.25, 0.3) is 0 Å². The number of fused-ring (bicyclic) bond motifs is 2. The minimum Gasteiger partial charge on any atom is -0.494 e. The molecule has 2 aliphatic rings. The number of hydrogen-bond donors (Lipinski definition) is 1. The number of piperidine rings is 1. The van der Waals surface area contributed by atoms with E-state index in [4.69, 9.17) is 33.7 Å². The number of aryl methyl sites for hydroxylation is 1. The van der Waals surface area contributed by atoms with Crippen LogP contribution in [0.3, 0.4) is 0 Å². The molecular weight excluding hydrogens is 387 g/mol. The summed E-state index contributed by atoms with van der Waals surface area (Å²) in [7, 11) is 1.49. The highest BCUT2D eigenvalue weighted by Gasteiger charge is 2.44. The number of nitrogens with zero attached hydrogens (tertiary/aromatic N) is 3. The van der Waals surface area contributed by atoms with Gasteiger partial charge in [-0.2, -0.15) is 0 Å². The fourth-order valence-corrected chi connectivity index (χ4v) is 4.96. The zero-order valence-corrected chi connectivity index (χ0v) is 16.5. The summed E-state index contributed by atoms with van der Waals surface area (Å²) in [6, 6.07) is 3.22. The summed E-state index contributed by atoms with van der Waals surface area (Å²) in [6.07, 6.45) is 5.58. The average Bonchev–Trinajstić information content (AvgIpc) is 2.98. The van der Waals surface area contributed by atoms with Crippen LogP contribution in [-0.4, -0.2) is 41.0 Å². The summed E-state index contributed by atoms with van der Waals surface area (Å²) < 4.78 is 5.17. The number of aromatic nitrogens is 2. The molecule has 1 saturated heterocycles. The molecule has 1 aliphatic carbocycles. The summed E-state index contributed by atoms with van der Waals surface area (Å²) >= 11 is 12.4. The van der Waals surface area contributed by atoms with E-state index in [1.165, 1.54) is 7.11 Å². The van der Waals surface area contributed by atoms with E-state index in [2.05, 4.69) is 9.97 Å². The highest BCUT2D eigenvalue weighted by atomic mass is 35.5. The van der Waals surface area contributed by atoms with Gasteiger partial charge in [0.2, 0.25) is 5.95 Å². The zero-order chi connectivity index (χ0) is 19.2. The van der Waals surface area contributed by atoms with Crippen molar-refractivity contribution >= 4 is 35.1 Å². The van der Waals surface area contributed by atoms with E-state index >= 15 is 0 Å². The number of anilines is 1. The number of halogens is 2. The Bertz CT molecular complexity index is 894. The van der Waals surface area contributed by atoms with Gasteiger partial charge >= 0.3 is 0 Å². The molecule has 8 heteroatoms. The lowest BCUT2D eigenvalue weighted by Crippen LogP contribution is -2.48. The first-order valence-corrected chi connectivity index (χ1v) is 9.63. The minimum absolute atomic E-state index is 0.0870. The SMILES string of the molecule is COc1c(Cl)cc(C(=O)N2CCCC3(CCc4cnc(N)nc43)C2)cc1Cl. The number of ether oxygens (including phenoxy) is 1. The van der Waals surface area contributed by atoms with Crippen LogP contribution in [0.1, 0.15) is 40.9 Å². The summed E-state index contributed by atoms with van der Waals surface area (Å²) in [5.41, 5.74) is 8.26. The Kier molecular flexibility index (Phi) is 4.64. The van der Waals surface area contributed by atoms with E-state index in [0.29, 0.717) is 34.4 Å². The molecule has 1 aromatic carbocycles. The smallest absolute Gasteiger partial charge is 0.253 e. The first-order valence-electron chi connectivity index (χ1n) is 8.88. The van der Waals surface area contributed by atoms with Gasteiger partial charge in [0.05, 0.1) is 22.8 Å². The zero-order valence-electron chi connectivity index (χ0n) is 15.0. The maximum atomic E-state index is 13.1. The number of hydrogen-bond acceptors (Lipinski definition) is 5. The quantitative estimate of drug-likeness (QED) is 0.824. The number of rotatable bonds is 2. The molecule has 1 fully saturated rings. The predicted molar refractivity (Wildman–Crippen MR) is 105 cm³/mol. The molecular formula is C19H20Cl2N4O2. The largest absolute Gasteiger partial charge is 0.494 e. The molecule has 2 aromatic rings. The van der Waals surface area contributed by atoms with Crippen LogP contribution in [0, 0.1) is 0 Å². The Morgan fingerprint density at radius 3 is 2.74 bits per heavy atom. The number of methoxy groups -OCH3 is 1. The number of carbonyl (C=O) groups excluding carboxylic acids is 1. The first-order chi connectivity index (χ1) is 12.9. The van der Waals surface area contributed by atoms with Crippen molar-refractivity contribution in [3.63, 3.8) is 0 Å². The van der Waals surface area contributed by atoms with E-state index in [1.807, 2.05) is 11.1 Å². The van der Waals surface area contributed by atoms with Crippen LogP contribution in [0.4, 0.5) is 5.95 Å². The Balaban J connectivity index is 1.63. The lowest BCUT2D eigenvalue weighted by atomic mass is 9.77. The van der Waals surface area contributed by atoms with E-state index in [9.17, 15) is 4.79 Å². The Morgan fingerprint density at radius 2 is 2.04 bits per heavy atom. The second-order valence-electron chi connectivity index (χ2n) is 7.19. The van der Waals surface area contributed by atoms with Crippen LogP contribution in [0.15, 0.2) is 18.3 Å². The van der Waals surface area contributed by atoms with Crippen LogP contribution in [-0.2, 0) is 11.8 Å². The maximum Gasteiger partial charge on any atom is 0.253 e. The summed E-state index contributed by atoms with van der Waals surface area (Å²) in [5.74, 6) is 0.574. The van der Waals surface area contributed by atoms with E-state index < -0.39 is 0 Å². The van der Waals surface area contributed by atoms with Gasteiger partial charge in [0, 0.05) is 30.3 Å². The first kappa shape index (κ1) is 18.3. The van der Waals surface area contributed by atoms with Gasteiger partial charge in [-0.1, -0.05) is 23.2 Å². The molecule has 1 amide bonds. The minimum atomic E-state index is -0.152. The normalized spacial score (nSPS) is 21.4. The Morgan fingerprint density at radius 1 is 1.30 bits per heavy atom. The van der Waals surface area contributed by atoms with Gasteiger partial charge in [0.1, 0.15) is 0 Å². The van der Waals surface area contributed by atoms with Gasteiger partial charge in [-0.25, -0.2) is 9.97 Å². The van der Waals surface area contributed by atoms with Crippen molar-refractivity contribution in [1.29, 1.82) is 0 Å². The van der Waals surface area contributed by atoms with Crippen molar-refractivity contribution in [2.45, 2.75) is 31.1 Å². The van der Waals surface area contributed by atoms with Gasteiger partial charge in [0.25, 0.3) is 5.91 Å². The van der Waals surface area contributed by atoms with Crippen LogP contribution in [0.2, 0.25) is 10.0 Å². The van der Waals surface area contributed by atoms with Crippen molar-refractivity contribution in [2.24, 2.45) is 0 Å². The molecule has 1 unspecified atom stereocenters. The van der Waals surface area contributed by atoms with E-state index in [1.54, 1.807) is 12.1 Å². The number of likely N-dealkylation sites (tertiary alicyclic amines) is 1. The molecule has 142 valence electrons. The molecule has 2 heterocycles. The number of amides is 1. The third kappa shape index (κ3) is 3.11.